The van der Waals surface area contributed by atoms with E-state index in [1.165, 1.54) is 12.3 Å². The highest BCUT2D eigenvalue weighted by Gasteiger charge is 2.32. The third kappa shape index (κ3) is 4.87. The zero-order chi connectivity index (χ0) is 23.0. The number of halogens is 3. The van der Waals surface area contributed by atoms with Crippen molar-refractivity contribution < 1.29 is 18.0 Å². The zero-order valence-corrected chi connectivity index (χ0v) is 17.7. The first kappa shape index (κ1) is 21.5. The molecule has 1 amide bonds. The summed E-state index contributed by atoms with van der Waals surface area (Å²) in [5, 5.41) is 6.55. The molecule has 0 radical (unpaired) electrons. The number of fused-ring (bicyclic) bond motifs is 1. The van der Waals surface area contributed by atoms with Crippen LogP contribution in [0.25, 0.3) is 22.3 Å². The van der Waals surface area contributed by atoms with Crippen LogP contribution in [0.3, 0.4) is 0 Å². The van der Waals surface area contributed by atoms with Gasteiger partial charge in [0.1, 0.15) is 18.1 Å². The SMILES string of the molecule is O=C(CC(F)(F)F)Nc1cc(-c2nc(N3CCNCC3)c3c(C4CC4)cncc3n2)ccn1. The summed E-state index contributed by atoms with van der Waals surface area (Å²) >= 11 is 0. The maximum Gasteiger partial charge on any atom is 0.397 e. The van der Waals surface area contributed by atoms with Crippen molar-refractivity contribution in [3.63, 3.8) is 0 Å². The minimum Gasteiger partial charge on any atom is -0.353 e. The van der Waals surface area contributed by atoms with Crippen LogP contribution in [0.2, 0.25) is 0 Å². The van der Waals surface area contributed by atoms with Gasteiger partial charge in [-0.25, -0.2) is 15.0 Å². The number of pyridine rings is 2. The molecule has 0 bridgehead atoms. The third-order valence-electron chi connectivity index (χ3n) is 5.70. The molecule has 3 aromatic rings. The van der Waals surface area contributed by atoms with Gasteiger partial charge >= 0.3 is 6.18 Å². The molecule has 1 aliphatic heterocycles. The van der Waals surface area contributed by atoms with Gasteiger partial charge in [-0.05, 0) is 36.5 Å². The number of aromatic nitrogens is 4. The molecule has 0 spiro atoms. The summed E-state index contributed by atoms with van der Waals surface area (Å²) in [6.45, 7) is 3.28. The maximum absolute atomic E-state index is 12.5. The average Bonchev–Trinajstić information content (AvgIpc) is 3.63. The lowest BCUT2D eigenvalue weighted by molar-refractivity contribution is -0.150. The number of amides is 1. The van der Waals surface area contributed by atoms with Crippen molar-refractivity contribution in [2.75, 3.05) is 36.4 Å². The van der Waals surface area contributed by atoms with Gasteiger partial charge in [0.05, 0.1) is 11.7 Å². The molecule has 2 fully saturated rings. The van der Waals surface area contributed by atoms with Crippen molar-refractivity contribution in [2.45, 2.75) is 31.4 Å². The molecule has 4 heterocycles. The minimum atomic E-state index is -4.59. The third-order valence-corrected chi connectivity index (χ3v) is 5.70. The van der Waals surface area contributed by atoms with E-state index in [-0.39, 0.29) is 5.82 Å². The van der Waals surface area contributed by atoms with Crippen LogP contribution >= 0.6 is 0 Å². The highest BCUT2D eigenvalue weighted by molar-refractivity contribution is 5.94. The van der Waals surface area contributed by atoms with Crippen LogP contribution in [-0.4, -0.2) is 58.2 Å². The molecule has 1 saturated heterocycles. The summed E-state index contributed by atoms with van der Waals surface area (Å²) in [5.74, 6) is 0.541. The molecule has 2 aliphatic rings. The molecule has 0 atom stereocenters. The van der Waals surface area contributed by atoms with Crippen molar-refractivity contribution in [2.24, 2.45) is 0 Å². The van der Waals surface area contributed by atoms with Gasteiger partial charge in [0.2, 0.25) is 5.91 Å². The summed E-state index contributed by atoms with van der Waals surface area (Å²) in [4.78, 5) is 31.9. The van der Waals surface area contributed by atoms with E-state index in [9.17, 15) is 18.0 Å². The van der Waals surface area contributed by atoms with Gasteiger partial charge in [0.25, 0.3) is 0 Å². The number of hydrogen-bond donors (Lipinski definition) is 2. The Balaban J connectivity index is 1.54. The minimum absolute atomic E-state index is 0.0130. The number of carbonyl (C=O) groups is 1. The van der Waals surface area contributed by atoms with Crippen LogP contribution in [0.5, 0.6) is 0 Å². The molecule has 33 heavy (non-hydrogen) atoms. The van der Waals surface area contributed by atoms with E-state index in [4.69, 9.17) is 9.97 Å². The largest absolute Gasteiger partial charge is 0.397 e. The standard InChI is InChI=1S/C22H22F3N7O/c23-22(24,25)10-18(33)30-17-9-14(3-4-28-17)20-29-16-12-27-11-15(13-1-2-13)19(16)21(31-20)32-7-5-26-6-8-32/h3-4,9,11-13,26H,1-2,5-8,10H2,(H,28,30,33). The Bertz CT molecular complexity index is 1190. The van der Waals surface area contributed by atoms with Gasteiger partial charge in [-0.1, -0.05) is 0 Å². The molecule has 8 nitrogen and oxygen atoms in total. The van der Waals surface area contributed by atoms with Gasteiger partial charge < -0.3 is 15.5 Å². The van der Waals surface area contributed by atoms with Crippen LogP contribution in [0.4, 0.5) is 24.8 Å². The predicted octanol–water partition coefficient (Wildman–Crippen LogP) is 3.26. The highest BCUT2D eigenvalue weighted by Crippen LogP contribution is 2.44. The van der Waals surface area contributed by atoms with E-state index in [2.05, 4.69) is 25.5 Å². The first-order valence-electron chi connectivity index (χ1n) is 10.8. The molecular weight excluding hydrogens is 435 g/mol. The summed E-state index contributed by atoms with van der Waals surface area (Å²) in [7, 11) is 0. The fraction of sp³-hybridized carbons (Fsp3) is 0.409. The number of carbonyl (C=O) groups excluding carboxylic acids is 1. The predicted molar refractivity (Wildman–Crippen MR) is 117 cm³/mol. The van der Waals surface area contributed by atoms with Crippen LogP contribution in [0.1, 0.15) is 30.7 Å². The molecule has 11 heteroatoms. The Morgan fingerprint density at radius 3 is 2.70 bits per heavy atom. The van der Waals surface area contributed by atoms with E-state index in [0.717, 1.165) is 61.3 Å². The van der Waals surface area contributed by atoms with Crippen molar-refractivity contribution in [3.8, 4) is 11.4 Å². The summed E-state index contributed by atoms with van der Waals surface area (Å²) in [5.41, 5.74) is 2.42. The number of alkyl halides is 3. The second-order valence-electron chi connectivity index (χ2n) is 8.27. The van der Waals surface area contributed by atoms with E-state index in [0.29, 0.717) is 17.3 Å². The van der Waals surface area contributed by atoms with Gasteiger partial charge in [0.15, 0.2) is 5.82 Å². The van der Waals surface area contributed by atoms with E-state index in [1.54, 1.807) is 12.3 Å². The summed E-state index contributed by atoms with van der Waals surface area (Å²) in [6.07, 6.45) is 1.10. The molecule has 1 saturated carbocycles. The first-order chi connectivity index (χ1) is 15.9. The number of hydrogen-bond acceptors (Lipinski definition) is 7. The van der Waals surface area contributed by atoms with Crippen LogP contribution in [-0.2, 0) is 4.79 Å². The van der Waals surface area contributed by atoms with E-state index in [1.807, 2.05) is 6.20 Å². The average molecular weight is 457 g/mol. The Hall–Kier alpha value is -3.34. The number of anilines is 2. The maximum atomic E-state index is 12.5. The van der Waals surface area contributed by atoms with Crippen molar-refractivity contribution in [3.05, 3.63) is 36.3 Å². The fourth-order valence-electron chi connectivity index (χ4n) is 4.03. The normalized spacial score (nSPS) is 16.8. The summed E-state index contributed by atoms with van der Waals surface area (Å²) < 4.78 is 37.5. The van der Waals surface area contributed by atoms with E-state index >= 15 is 0 Å². The Labute approximate surface area is 187 Å². The van der Waals surface area contributed by atoms with Crippen LogP contribution in [0.15, 0.2) is 30.7 Å². The first-order valence-corrected chi connectivity index (χ1v) is 10.8. The second kappa shape index (κ2) is 8.54. The summed E-state index contributed by atoms with van der Waals surface area (Å²) in [6, 6.07) is 3.15. The molecule has 172 valence electrons. The lowest BCUT2D eigenvalue weighted by Crippen LogP contribution is -2.44. The van der Waals surface area contributed by atoms with Crippen LogP contribution in [0, 0.1) is 0 Å². The number of rotatable bonds is 5. The van der Waals surface area contributed by atoms with Crippen molar-refractivity contribution in [1.29, 1.82) is 0 Å². The number of nitrogens with zero attached hydrogens (tertiary/aromatic N) is 5. The molecule has 0 aromatic carbocycles. The molecule has 5 rings (SSSR count). The van der Waals surface area contributed by atoms with Gasteiger partial charge in [-0.15, -0.1) is 0 Å². The second-order valence-corrected chi connectivity index (χ2v) is 8.27. The number of nitrogens with one attached hydrogen (secondary N) is 2. The topological polar surface area (TPSA) is 95.9 Å². The molecule has 2 N–H and O–H groups in total. The van der Waals surface area contributed by atoms with Crippen molar-refractivity contribution >= 4 is 28.4 Å². The van der Waals surface area contributed by atoms with Gasteiger partial charge in [-0.2, -0.15) is 13.2 Å². The van der Waals surface area contributed by atoms with Gasteiger partial charge in [0, 0.05) is 49.5 Å². The Morgan fingerprint density at radius 1 is 1.18 bits per heavy atom. The Kier molecular flexibility index (Phi) is 5.57. The Morgan fingerprint density at radius 2 is 1.97 bits per heavy atom. The monoisotopic (exact) mass is 457 g/mol. The lowest BCUT2D eigenvalue weighted by Gasteiger charge is -2.30. The smallest absolute Gasteiger partial charge is 0.353 e. The fourth-order valence-corrected chi connectivity index (χ4v) is 4.03. The molecule has 1 aliphatic carbocycles. The lowest BCUT2D eigenvalue weighted by atomic mass is 10.1. The zero-order valence-electron chi connectivity index (χ0n) is 17.7. The van der Waals surface area contributed by atoms with Gasteiger partial charge in [-0.3, -0.25) is 9.78 Å². The molecule has 3 aromatic heterocycles. The van der Waals surface area contributed by atoms with Crippen LogP contribution < -0.4 is 15.5 Å². The quantitative estimate of drug-likeness (QED) is 0.607. The highest BCUT2D eigenvalue weighted by atomic mass is 19.4. The number of piperazine rings is 1. The molecular formula is C22H22F3N7O. The molecule has 0 unspecified atom stereocenters. The van der Waals surface area contributed by atoms with Crippen molar-refractivity contribution in [1.82, 2.24) is 25.3 Å². The van der Waals surface area contributed by atoms with E-state index < -0.39 is 18.5 Å².